The third kappa shape index (κ3) is 1.68. The van der Waals surface area contributed by atoms with Gasteiger partial charge in [-0.3, -0.25) is 4.48 Å². The summed E-state index contributed by atoms with van der Waals surface area (Å²) >= 11 is 5.24. The molecule has 0 fully saturated rings. The zero-order valence-electron chi connectivity index (χ0n) is 4.85. The fourth-order valence-electron chi connectivity index (χ4n) is 0.0488. The first-order valence-corrected chi connectivity index (χ1v) is 2.64. The van der Waals surface area contributed by atoms with Crippen LogP contribution < -0.4 is 5.11 Å². The lowest BCUT2D eigenvalue weighted by Gasteiger charge is -2.25. The van der Waals surface area contributed by atoms with Crippen molar-refractivity contribution in [3.63, 3.8) is 0 Å². The Kier molecular flexibility index (Phi) is 2.25. The van der Waals surface area contributed by atoms with Crippen molar-refractivity contribution in [2.75, 3.05) is 20.1 Å². The van der Waals surface area contributed by atoms with Gasteiger partial charge in [-0.05, 0) is 0 Å². The highest BCUT2D eigenvalue weighted by Gasteiger charge is 2.14. The lowest BCUT2D eigenvalue weighted by Crippen LogP contribution is -2.52. The average Bonchev–Trinajstić information content (AvgIpc) is 1.67. The molecule has 8 heavy (non-hydrogen) atoms. The van der Waals surface area contributed by atoms with Crippen LogP contribution in [0.3, 0.4) is 0 Å². The minimum Gasteiger partial charge on any atom is -0.498 e. The van der Waals surface area contributed by atoms with E-state index in [4.69, 9.17) is 11.6 Å². The molecule has 0 aliphatic heterocycles. The summed E-state index contributed by atoms with van der Waals surface area (Å²) in [6, 6.07) is 0.0301. The Hall–Kier alpha value is -0.280. The van der Waals surface area contributed by atoms with Gasteiger partial charge in [-0.25, -0.2) is 0 Å². The second-order valence-electron chi connectivity index (χ2n) is 2.07. The molecule has 0 aromatic heterocycles. The van der Waals surface area contributed by atoms with E-state index in [0.717, 1.165) is 0 Å². The summed E-state index contributed by atoms with van der Waals surface area (Å²) in [4.78, 5) is 10.0. The largest absolute Gasteiger partial charge is 0.498 e. The summed E-state index contributed by atoms with van der Waals surface area (Å²) in [5, 5.41) is 10.0. The summed E-state index contributed by atoms with van der Waals surface area (Å²) in [5.41, 5.74) is 0. The van der Waals surface area contributed by atoms with Gasteiger partial charge in [0.15, 0.2) is 6.00 Å². The number of carbonyl (C=O) groups excluding carboxylic acids is 1. The molecule has 0 saturated heterocycles. The molecule has 3 nitrogen and oxygen atoms in total. The van der Waals surface area contributed by atoms with Crippen LogP contribution in [0.1, 0.15) is 0 Å². The molecule has 0 saturated carbocycles. The lowest BCUT2D eigenvalue weighted by molar-refractivity contribution is -0.826. The molecular weight excluding hydrogens is 130 g/mol. The summed E-state index contributed by atoms with van der Waals surface area (Å²) in [5.74, 6) is 0. The second kappa shape index (κ2) is 2.33. The molecule has 0 aliphatic rings. The predicted molar refractivity (Wildman–Crippen MR) is 28.2 cm³/mol. The van der Waals surface area contributed by atoms with Crippen LogP contribution in [0.5, 0.6) is 0 Å². The molecule has 0 radical (unpaired) electrons. The van der Waals surface area contributed by atoms with Crippen molar-refractivity contribution in [1.82, 2.24) is 0 Å². The molecule has 4 heteroatoms. The number of halogens is 1. The zero-order chi connectivity index (χ0) is 6.78. The second-order valence-corrected chi connectivity index (χ2v) is 2.31. The molecule has 0 N–H and O–H groups in total. The SMILES string of the molecule is C[N+](C)(CCl)C(=O)[O-]. The van der Waals surface area contributed by atoms with Gasteiger partial charge in [-0.15, -0.1) is 0 Å². The van der Waals surface area contributed by atoms with Crippen molar-refractivity contribution in [2.45, 2.75) is 0 Å². The van der Waals surface area contributed by atoms with E-state index < -0.39 is 6.09 Å². The van der Waals surface area contributed by atoms with Crippen molar-refractivity contribution >= 4 is 17.7 Å². The van der Waals surface area contributed by atoms with Gasteiger partial charge >= 0.3 is 0 Å². The smallest absolute Gasteiger partial charge is 0.257 e. The first-order valence-electron chi connectivity index (χ1n) is 2.11. The molecule has 0 atom stereocenters. The molecule has 48 valence electrons. The topological polar surface area (TPSA) is 40.1 Å². The van der Waals surface area contributed by atoms with Crippen LogP contribution in [0.2, 0.25) is 0 Å². The van der Waals surface area contributed by atoms with E-state index >= 15 is 0 Å². The number of carbonyl (C=O) groups is 1. The van der Waals surface area contributed by atoms with Gasteiger partial charge in [0.1, 0.15) is 0 Å². The Morgan fingerprint density at radius 2 is 2.12 bits per heavy atom. The molecule has 0 rings (SSSR count). The maximum atomic E-state index is 10.0. The van der Waals surface area contributed by atoms with E-state index in [2.05, 4.69) is 0 Å². The molecule has 0 spiro atoms. The van der Waals surface area contributed by atoms with Gasteiger partial charge in [0.2, 0.25) is 0 Å². The Morgan fingerprint density at radius 1 is 1.75 bits per heavy atom. The normalized spacial score (nSPS) is 11.4. The zero-order valence-corrected chi connectivity index (χ0v) is 5.60. The number of hydrogen-bond acceptors (Lipinski definition) is 2. The number of amides is 1. The van der Waals surface area contributed by atoms with E-state index in [9.17, 15) is 9.90 Å². The van der Waals surface area contributed by atoms with Crippen LogP contribution in [-0.2, 0) is 0 Å². The summed E-state index contributed by atoms with van der Waals surface area (Å²) in [6.07, 6.45) is -1.17. The number of hydrogen-bond donors (Lipinski definition) is 0. The third-order valence-corrected chi connectivity index (χ3v) is 1.39. The van der Waals surface area contributed by atoms with E-state index in [0.29, 0.717) is 0 Å². The van der Waals surface area contributed by atoms with E-state index in [1.165, 1.54) is 14.1 Å². The van der Waals surface area contributed by atoms with Crippen LogP contribution >= 0.6 is 11.6 Å². The van der Waals surface area contributed by atoms with Gasteiger partial charge in [0.05, 0.1) is 14.1 Å². The van der Waals surface area contributed by atoms with Gasteiger partial charge in [0.25, 0.3) is 6.09 Å². The Bertz CT molecular complexity index is 102. The minimum atomic E-state index is -1.17. The fourth-order valence-corrected chi connectivity index (χ4v) is 0.146. The minimum absolute atomic E-state index is 0.0301. The van der Waals surface area contributed by atoms with Gasteiger partial charge in [0, 0.05) is 0 Å². The summed E-state index contributed by atoms with van der Waals surface area (Å²) in [7, 11) is 2.92. The first-order chi connectivity index (χ1) is 3.50. The fraction of sp³-hybridized carbons (Fsp3) is 0.750. The number of quaternary nitrogens is 1. The molecule has 0 aromatic rings. The first kappa shape index (κ1) is 7.72. The molecule has 0 unspecified atom stereocenters. The number of nitrogens with zero attached hydrogens (tertiary/aromatic N) is 1. The molecule has 1 amide bonds. The van der Waals surface area contributed by atoms with Crippen molar-refractivity contribution < 1.29 is 14.4 Å². The van der Waals surface area contributed by atoms with Gasteiger partial charge < -0.3 is 9.90 Å². The quantitative estimate of drug-likeness (QED) is 0.280. The standard InChI is InChI=1S/C4H8ClNO2/c1-6(2,3-5)4(7)8/h3H2,1-2H3. The van der Waals surface area contributed by atoms with Crippen LogP contribution in [0, 0.1) is 0 Å². The number of rotatable bonds is 1. The highest BCUT2D eigenvalue weighted by Crippen LogP contribution is 1.96. The van der Waals surface area contributed by atoms with Crippen LogP contribution in [0.4, 0.5) is 4.79 Å². The Labute approximate surface area is 53.1 Å². The third-order valence-electron chi connectivity index (χ3n) is 0.793. The Morgan fingerprint density at radius 3 is 2.12 bits per heavy atom. The summed E-state index contributed by atoms with van der Waals surface area (Å²) in [6.45, 7) is 0. The van der Waals surface area contributed by atoms with Crippen LogP contribution in [0.25, 0.3) is 0 Å². The van der Waals surface area contributed by atoms with Gasteiger partial charge in [-0.2, -0.15) is 0 Å². The molecule has 0 bridgehead atoms. The van der Waals surface area contributed by atoms with Crippen LogP contribution in [-0.4, -0.2) is 30.7 Å². The average molecular weight is 138 g/mol. The highest BCUT2D eigenvalue weighted by atomic mass is 35.5. The number of alkyl halides is 1. The van der Waals surface area contributed by atoms with Gasteiger partial charge in [-0.1, -0.05) is 11.6 Å². The van der Waals surface area contributed by atoms with Crippen molar-refractivity contribution in [2.24, 2.45) is 0 Å². The Balaban J connectivity index is 3.91. The monoisotopic (exact) mass is 137 g/mol. The van der Waals surface area contributed by atoms with E-state index in [1.54, 1.807) is 0 Å². The van der Waals surface area contributed by atoms with Crippen molar-refractivity contribution in [3.05, 3.63) is 0 Å². The molecular formula is C4H8ClNO2. The molecule has 0 aromatic carbocycles. The lowest BCUT2D eigenvalue weighted by atomic mass is 10.7. The number of carboxylic acid groups (broad SMARTS) is 1. The van der Waals surface area contributed by atoms with E-state index in [-0.39, 0.29) is 10.5 Å². The predicted octanol–water partition coefficient (Wildman–Crippen LogP) is -0.398. The summed E-state index contributed by atoms with van der Waals surface area (Å²) < 4.78 is -0.304. The van der Waals surface area contributed by atoms with E-state index in [1.807, 2.05) is 0 Å². The maximum Gasteiger partial charge on any atom is 0.257 e. The highest BCUT2D eigenvalue weighted by molar-refractivity contribution is 6.17. The van der Waals surface area contributed by atoms with Crippen molar-refractivity contribution in [1.29, 1.82) is 0 Å². The van der Waals surface area contributed by atoms with Crippen LogP contribution in [0.15, 0.2) is 0 Å². The molecule has 0 heterocycles. The maximum absolute atomic E-state index is 10.0. The van der Waals surface area contributed by atoms with Crippen molar-refractivity contribution in [3.8, 4) is 0 Å². The molecule has 0 aliphatic carbocycles.